The van der Waals surface area contributed by atoms with Crippen molar-refractivity contribution in [2.75, 3.05) is 52.7 Å². The first-order valence-corrected chi connectivity index (χ1v) is 17.4. The Morgan fingerprint density at radius 3 is 2.49 bits per heavy atom. The number of nitrogens with zero attached hydrogens (tertiary/aromatic N) is 2. The van der Waals surface area contributed by atoms with Gasteiger partial charge in [-0.3, -0.25) is 18.9 Å². The molecule has 3 atom stereocenters. The number of H-pyrrole nitrogens is 1. The number of aromatic nitrogens is 1. The third-order valence-corrected chi connectivity index (χ3v) is 10.6. The van der Waals surface area contributed by atoms with Crippen LogP contribution in [0, 0.1) is 17.8 Å². The molecule has 0 spiro atoms. The summed E-state index contributed by atoms with van der Waals surface area (Å²) in [5.41, 5.74) is 3.12. The molecule has 1 saturated carbocycles. The zero-order chi connectivity index (χ0) is 32.8. The molecule has 252 valence electrons. The van der Waals surface area contributed by atoms with Crippen molar-refractivity contribution < 1.29 is 28.2 Å². The Kier molecular flexibility index (Phi) is 11.0. The maximum atomic E-state index is 14.2. The van der Waals surface area contributed by atoms with Gasteiger partial charge in [-0.05, 0) is 79.7 Å². The van der Waals surface area contributed by atoms with E-state index in [1.54, 1.807) is 6.07 Å². The SMILES string of the molecule is C[C@H](CF)C1CCC(C(=O)N2CC[C@H](c3ccccc3)[C@H]2C(=O)Cc2ccc3[nH]c(C(=O)OCCCN4CCOCC4)cc3c2)CC1. The molecule has 1 amide bonds. The quantitative estimate of drug-likeness (QED) is 0.193. The van der Waals surface area contributed by atoms with E-state index in [9.17, 15) is 18.8 Å². The molecular weight excluding hydrogens is 597 g/mol. The van der Waals surface area contributed by atoms with Crippen LogP contribution in [0.2, 0.25) is 0 Å². The molecular formula is C38H48FN3O5. The number of alkyl halides is 1. The number of carbonyl (C=O) groups excluding carboxylic acids is 3. The Hall–Kier alpha value is -3.56. The van der Waals surface area contributed by atoms with Gasteiger partial charge in [0.05, 0.1) is 32.5 Å². The third-order valence-electron chi connectivity index (χ3n) is 10.6. The molecule has 6 rings (SSSR count). The second kappa shape index (κ2) is 15.6. The number of rotatable bonds is 12. The topological polar surface area (TPSA) is 91.9 Å². The van der Waals surface area contributed by atoms with Gasteiger partial charge in [0.1, 0.15) is 5.69 Å². The number of nitrogens with one attached hydrogen (secondary N) is 1. The monoisotopic (exact) mass is 645 g/mol. The Morgan fingerprint density at radius 1 is 0.979 bits per heavy atom. The normalized spacial score (nSPS) is 24.3. The van der Waals surface area contributed by atoms with Crippen LogP contribution >= 0.6 is 0 Å². The van der Waals surface area contributed by atoms with Gasteiger partial charge in [-0.2, -0.15) is 0 Å². The zero-order valence-corrected chi connectivity index (χ0v) is 27.5. The Bertz CT molecular complexity index is 1510. The summed E-state index contributed by atoms with van der Waals surface area (Å²) in [6.45, 7) is 6.73. The van der Waals surface area contributed by atoms with Crippen molar-refractivity contribution in [3.63, 3.8) is 0 Å². The number of halogens is 1. The van der Waals surface area contributed by atoms with Crippen molar-refractivity contribution in [1.29, 1.82) is 0 Å². The van der Waals surface area contributed by atoms with Gasteiger partial charge in [-0.15, -0.1) is 0 Å². The second-order valence-electron chi connectivity index (χ2n) is 13.7. The Morgan fingerprint density at radius 2 is 1.74 bits per heavy atom. The van der Waals surface area contributed by atoms with E-state index >= 15 is 0 Å². The predicted octanol–water partition coefficient (Wildman–Crippen LogP) is 5.96. The van der Waals surface area contributed by atoms with E-state index in [1.807, 2.05) is 48.2 Å². The summed E-state index contributed by atoms with van der Waals surface area (Å²) < 4.78 is 24.2. The average Bonchev–Trinajstić information content (AvgIpc) is 3.75. The third kappa shape index (κ3) is 7.95. The van der Waals surface area contributed by atoms with Gasteiger partial charge in [-0.1, -0.05) is 43.3 Å². The number of aromatic amines is 1. The molecule has 2 aliphatic heterocycles. The van der Waals surface area contributed by atoms with E-state index in [0.29, 0.717) is 24.8 Å². The molecule has 2 saturated heterocycles. The van der Waals surface area contributed by atoms with Crippen molar-refractivity contribution in [3.05, 3.63) is 71.4 Å². The number of carbonyl (C=O) groups is 3. The summed E-state index contributed by atoms with van der Waals surface area (Å²) in [6.07, 6.45) is 4.93. The molecule has 2 aromatic carbocycles. The first-order valence-electron chi connectivity index (χ1n) is 17.4. The molecule has 8 nitrogen and oxygen atoms in total. The van der Waals surface area contributed by atoms with Crippen LogP contribution in [0.4, 0.5) is 4.39 Å². The highest BCUT2D eigenvalue weighted by molar-refractivity contribution is 5.96. The van der Waals surface area contributed by atoms with Crippen LogP contribution in [-0.2, 0) is 25.5 Å². The fourth-order valence-corrected chi connectivity index (χ4v) is 7.85. The van der Waals surface area contributed by atoms with E-state index in [0.717, 1.165) is 93.4 Å². The molecule has 3 fully saturated rings. The molecule has 1 N–H and O–H groups in total. The first kappa shape index (κ1) is 33.3. The van der Waals surface area contributed by atoms with Gasteiger partial charge in [-0.25, -0.2) is 4.79 Å². The molecule has 9 heteroatoms. The lowest BCUT2D eigenvalue weighted by Crippen LogP contribution is -2.46. The van der Waals surface area contributed by atoms with E-state index in [4.69, 9.17) is 9.47 Å². The maximum absolute atomic E-state index is 14.2. The largest absolute Gasteiger partial charge is 0.461 e. The lowest BCUT2D eigenvalue weighted by molar-refractivity contribution is -0.142. The van der Waals surface area contributed by atoms with Crippen LogP contribution in [0.15, 0.2) is 54.6 Å². The molecule has 0 bridgehead atoms. The fourth-order valence-electron chi connectivity index (χ4n) is 7.85. The number of Topliss-reactive ketones (excluding diaryl/α,β-unsaturated/α-hetero) is 1. The number of amides is 1. The van der Waals surface area contributed by atoms with Gasteiger partial charge in [0.15, 0.2) is 5.78 Å². The van der Waals surface area contributed by atoms with Crippen LogP contribution in [0.5, 0.6) is 0 Å². The van der Waals surface area contributed by atoms with Crippen molar-refractivity contribution in [2.45, 2.75) is 63.8 Å². The summed E-state index contributed by atoms with van der Waals surface area (Å²) in [4.78, 5) is 48.2. The van der Waals surface area contributed by atoms with Crippen molar-refractivity contribution in [1.82, 2.24) is 14.8 Å². The van der Waals surface area contributed by atoms with Crippen LogP contribution in [-0.4, -0.2) is 91.2 Å². The van der Waals surface area contributed by atoms with Crippen LogP contribution in [0.1, 0.15) is 73.0 Å². The maximum Gasteiger partial charge on any atom is 0.354 e. The number of fused-ring (bicyclic) bond motifs is 1. The van der Waals surface area contributed by atoms with Crippen LogP contribution in [0.3, 0.4) is 0 Å². The van der Waals surface area contributed by atoms with E-state index in [-0.39, 0.29) is 48.5 Å². The first-order chi connectivity index (χ1) is 22.9. The molecule has 3 aromatic rings. The highest BCUT2D eigenvalue weighted by atomic mass is 19.1. The molecule has 0 unspecified atom stereocenters. The lowest BCUT2D eigenvalue weighted by Gasteiger charge is -2.35. The number of likely N-dealkylation sites (tertiary alicyclic amines) is 1. The Balaban J connectivity index is 1.11. The minimum atomic E-state index is -0.530. The average molecular weight is 646 g/mol. The van der Waals surface area contributed by atoms with Gasteiger partial charge >= 0.3 is 5.97 Å². The molecule has 0 radical (unpaired) electrons. The van der Waals surface area contributed by atoms with Gasteiger partial charge in [0, 0.05) is 55.3 Å². The zero-order valence-electron chi connectivity index (χ0n) is 27.5. The summed E-state index contributed by atoms with van der Waals surface area (Å²) >= 11 is 0. The summed E-state index contributed by atoms with van der Waals surface area (Å²) in [7, 11) is 0. The van der Waals surface area contributed by atoms with Crippen molar-refractivity contribution in [2.24, 2.45) is 17.8 Å². The van der Waals surface area contributed by atoms with Gasteiger partial charge in [0.2, 0.25) is 5.91 Å². The van der Waals surface area contributed by atoms with Crippen molar-refractivity contribution in [3.8, 4) is 0 Å². The molecule has 1 aliphatic carbocycles. The van der Waals surface area contributed by atoms with E-state index < -0.39 is 6.04 Å². The number of esters is 1. The summed E-state index contributed by atoms with van der Waals surface area (Å²) in [5.74, 6) is -0.114. The second-order valence-corrected chi connectivity index (χ2v) is 13.7. The van der Waals surface area contributed by atoms with Crippen molar-refractivity contribution >= 4 is 28.6 Å². The highest BCUT2D eigenvalue weighted by Gasteiger charge is 2.44. The van der Waals surface area contributed by atoms with Gasteiger partial charge in [0.25, 0.3) is 0 Å². The summed E-state index contributed by atoms with van der Waals surface area (Å²) in [5, 5.41) is 0.841. The number of benzene rings is 2. The predicted molar refractivity (Wildman–Crippen MR) is 179 cm³/mol. The molecule has 3 heterocycles. The number of hydrogen-bond acceptors (Lipinski definition) is 6. The standard InChI is InChI=1S/C38H48FN3O5/c1-26(25-39)28-9-11-30(12-10-28)37(44)42-16-14-32(29-6-3-2-4-7-29)36(42)35(43)23-27-8-13-33-31(22-27)24-34(40-33)38(45)47-19-5-15-41-17-20-46-21-18-41/h2-4,6-8,13,22,24,26,28,30,32,36,40H,5,9-12,14-21,23,25H2,1H3/t26-,28?,30?,32-,36+/m1/s1. The van der Waals surface area contributed by atoms with E-state index in [1.165, 1.54) is 0 Å². The lowest BCUT2D eigenvalue weighted by atomic mass is 9.76. The van der Waals surface area contributed by atoms with E-state index in [2.05, 4.69) is 22.0 Å². The smallest absolute Gasteiger partial charge is 0.354 e. The number of morpholine rings is 1. The highest BCUT2D eigenvalue weighted by Crippen LogP contribution is 2.39. The molecule has 3 aliphatic rings. The van der Waals surface area contributed by atoms with Gasteiger partial charge < -0.3 is 19.4 Å². The number of ketones is 1. The molecule has 47 heavy (non-hydrogen) atoms. The number of ether oxygens (including phenoxy) is 2. The molecule has 1 aromatic heterocycles. The minimum absolute atomic E-state index is 0.0271. The fraction of sp³-hybridized carbons (Fsp3) is 0.553. The van der Waals surface area contributed by atoms with Crippen LogP contribution < -0.4 is 0 Å². The van der Waals surface area contributed by atoms with Crippen LogP contribution in [0.25, 0.3) is 10.9 Å². The summed E-state index contributed by atoms with van der Waals surface area (Å²) in [6, 6.07) is 17.1. The number of hydrogen-bond donors (Lipinski definition) is 1. The Labute approximate surface area is 277 Å². The minimum Gasteiger partial charge on any atom is -0.461 e.